The van der Waals surface area contributed by atoms with E-state index in [2.05, 4.69) is 0 Å². The molecule has 0 aromatic heterocycles. The number of hydrogen-bond donors (Lipinski definition) is 1. The van der Waals surface area contributed by atoms with Gasteiger partial charge in [0.05, 0.1) is 13.2 Å². The molecule has 0 saturated carbocycles. The van der Waals surface area contributed by atoms with E-state index in [0.717, 1.165) is 29.0 Å². The van der Waals surface area contributed by atoms with E-state index >= 15 is 0 Å². The number of ether oxygens (including phenoxy) is 3. The zero-order valence-electron chi connectivity index (χ0n) is 8.66. The van der Waals surface area contributed by atoms with E-state index in [1.165, 1.54) is 0 Å². The predicted molar refractivity (Wildman–Crippen MR) is 54.1 cm³/mol. The Bertz CT molecular complexity index is 349. The number of hydrogen-bond acceptors (Lipinski definition) is 4. The molecule has 0 radical (unpaired) electrons. The Balaban J connectivity index is 2.30. The highest BCUT2D eigenvalue weighted by molar-refractivity contribution is 5.49. The number of benzene rings is 1. The summed E-state index contributed by atoms with van der Waals surface area (Å²) < 4.78 is 15.7. The predicted octanol–water partition coefficient (Wildman–Crippen LogP) is 1.10. The molecule has 2 rings (SSSR count). The molecule has 1 heterocycles. The molecule has 82 valence electrons. The highest BCUT2D eigenvalue weighted by Crippen LogP contribution is 2.35. The van der Waals surface area contributed by atoms with Gasteiger partial charge < -0.3 is 19.3 Å². The Morgan fingerprint density at radius 2 is 2.33 bits per heavy atom. The second-order valence-electron chi connectivity index (χ2n) is 3.38. The number of rotatable bonds is 4. The summed E-state index contributed by atoms with van der Waals surface area (Å²) in [5.41, 5.74) is 1.85. The van der Waals surface area contributed by atoms with Gasteiger partial charge in [0, 0.05) is 19.1 Å². The van der Waals surface area contributed by atoms with Gasteiger partial charge in [-0.05, 0) is 17.7 Å². The van der Waals surface area contributed by atoms with Crippen molar-refractivity contribution in [2.75, 3.05) is 20.5 Å². The van der Waals surface area contributed by atoms with Crippen molar-refractivity contribution >= 4 is 0 Å². The van der Waals surface area contributed by atoms with E-state index in [9.17, 15) is 0 Å². The van der Waals surface area contributed by atoms with Gasteiger partial charge in [0.2, 0.25) is 0 Å². The van der Waals surface area contributed by atoms with E-state index in [0.29, 0.717) is 6.61 Å². The average Bonchev–Trinajstić information content (AvgIpc) is 2.73. The van der Waals surface area contributed by atoms with Crippen molar-refractivity contribution in [3.63, 3.8) is 0 Å². The first kappa shape index (κ1) is 10.3. The third kappa shape index (κ3) is 2.06. The summed E-state index contributed by atoms with van der Waals surface area (Å²) in [6.45, 7) is 0.870. The van der Waals surface area contributed by atoms with Gasteiger partial charge >= 0.3 is 0 Å². The molecule has 1 aliphatic heterocycles. The third-order valence-electron chi connectivity index (χ3n) is 2.35. The molecule has 0 unspecified atom stereocenters. The molecule has 0 fully saturated rings. The van der Waals surface area contributed by atoms with E-state index in [1.54, 1.807) is 7.11 Å². The standard InChI is InChI=1S/C11H14O4/c1-13-7-15-11-5-8(6-12)4-10-9(11)2-3-14-10/h4-5,12H,2-3,6-7H2,1H3. The quantitative estimate of drug-likeness (QED) is 0.756. The first-order valence-electron chi connectivity index (χ1n) is 4.86. The van der Waals surface area contributed by atoms with Crippen molar-refractivity contribution in [3.05, 3.63) is 23.3 Å². The molecule has 4 heteroatoms. The van der Waals surface area contributed by atoms with Crippen molar-refractivity contribution in [3.8, 4) is 11.5 Å². The van der Waals surface area contributed by atoms with Gasteiger partial charge in [-0.2, -0.15) is 0 Å². The maximum atomic E-state index is 9.08. The lowest BCUT2D eigenvalue weighted by molar-refractivity contribution is 0.0504. The molecular formula is C11H14O4. The molecule has 0 atom stereocenters. The van der Waals surface area contributed by atoms with Crippen LogP contribution in [0.4, 0.5) is 0 Å². The maximum absolute atomic E-state index is 9.08. The Hall–Kier alpha value is -1.26. The van der Waals surface area contributed by atoms with Crippen LogP contribution in [0, 0.1) is 0 Å². The first-order chi connectivity index (χ1) is 7.35. The molecule has 15 heavy (non-hydrogen) atoms. The van der Waals surface area contributed by atoms with Crippen LogP contribution in [0.15, 0.2) is 12.1 Å². The second kappa shape index (κ2) is 4.51. The minimum Gasteiger partial charge on any atom is -0.493 e. The SMILES string of the molecule is COCOc1cc(CO)cc2c1CCO2. The molecular weight excluding hydrogens is 196 g/mol. The molecule has 1 N–H and O–H groups in total. The van der Waals surface area contributed by atoms with Gasteiger partial charge in [-0.1, -0.05) is 0 Å². The Labute approximate surface area is 88.4 Å². The second-order valence-corrected chi connectivity index (χ2v) is 3.38. The molecule has 1 aromatic rings. The number of aliphatic hydroxyl groups is 1. The summed E-state index contributed by atoms with van der Waals surface area (Å²) in [6.07, 6.45) is 0.847. The van der Waals surface area contributed by atoms with E-state index in [1.807, 2.05) is 12.1 Å². The van der Waals surface area contributed by atoms with Crippen LogP contribution in [0.5, 0.6) is 11.5 Å². The van der Waals surface area contributed by atoms with Gasteiger partial charge in [-0.3, -0.25) is 0 Å². The van der Waals surface area contributed by atoms with Crippen molar-refractivity contribution in [1.29, 1.82) is 0 Å². The van der Waals surface area contributed by atoms with Gasteiger partial charge in [0.15, 0.2) is 6.79 Å². The van der Waals surface area contributed by atoms with Crippen LogP contribution in [0.1, 0.15) is 11.1 Å². The van der Waals surface area contributed by atoms with Crippen LogP contribution in [-0.4, -0.2) is 25.6 Å². The van der Waals surface area contributed by atoms with Gasteiger partial charge in [-0.15, -0.1) is 0 Å². The average molecular weight is 210 g/mol. The highest BCUT2D eigenvalue weighted by Gasteiger charge is 2.18. The van der Waals surface area contributed by atoms with Crippen molar-refractivity contribution in [2.24, 2.45) is 0 Å². The fourth-order valence-corrected chi connectivity index (χ4v) is 1.65. The minimum absolute atomic E-state index is 0.0139. The van der Waals surface area contributed by atoms with Crippen LogP contribution in [0.25, 0.3) is 0 Å². The van der Waals surface area contributed by atoms with Crippen LogP contribution < -0.4 is 9.47 Å². The third-order valence-corrected chi connectivity index (χ3v) is 2.35. The number of methoxy groups -OCH3 is 1. The van der Waals surface area contributed by atoms with Crippen LogP contribution in [0.2, 0.25) is 0 Å². The van der Waals surface area contributed by atoms with Gasteiger partial charge in [-0.25, -0.2) is 0 Å². The molecule has 4 nitrogen and oxygen atoms in total. The summed E-state index contributed by atoms with van der Waals surface area (Å²) in [4.78, 5) is 0. The number of aliphatic hydroxyl groups excluding tert-OH is 1. The minimum atomic E-state index is -0.0139. The van der Waals surface area contributed by atoms with Crippen LogP contribution in [0.3, 0.4) is 0 Å². The van der Waals surface area contributed by atoms with Crippen LogP contribution in [-0.2, 0) is 17.8 Å². The zero-order chi connectivity index (χ0) is 10.7. The summed E-state index contributed by atoms with van der Waals surface area (Å²) in [6, 6.07) is 3.68. The molecule has 0 aliphatic carbocycles. The topological polar surface area (TPSA) is 47.9 Å². The van der Waals surface area contributed by atoms with Crippen molar-refractivity contribution in [2.45, 2.75) is 13.0 Å². The van der Waals surface area contributed by atoms with Crippen molar-refractivity contribution in [1.82, 2.24) is 0 Å². The lowest BCUT2D eigenvalue weighted by Crippen LogP contribution is -2.01. The van der Waals surface area contributed by atoms with Gasteiger partial charge in [0.1, 0.15) is 11.5 Å². The normalized spacial score (nSPS) is 13.5. The Morgan fingerprint density at radius 1 is 1.47 bits per heavy atom. The lowest BCUT2D eigenvalue weighted by atomic mass is 10.1. The summed E-state index contributed by atoms with van der Waals surface area (Å²) in [5.74, 6) is 1.56. The lowest BCUT2D eigenvalue weighted by Gasteiger charge is -2.10. The molecule has 1 aromatic carbocycles. The fraction of sp³-hybridized carbons (Fsp3) is 0.455. The summed E-state index contributed by atoms with van der Waals surface area (Å²) in [5, 5.41) is 9.08. The van der Waals surface area contributed by atoms with Crippen LogP contribution >= 0.6 is 0 Å². The first-order valence-corrected chi connectivity index (χ1v) is 4.86. The van der Waals surface area contributed by atoms with E-state index < -0.39 is 0 Å². The zero-order valence-corrected chi connectivity index (χ0v) is 8.66. The molecule has 0 amide bonds. The fourth-order valence-electron chi connectivity index (χ4n) is 1.65. The van der Waals surface area contributed by atoms with Gasteiger partial charge in [0.25, 0.3) is 0 Å². The smallest absolute Gasteiger partial charge is 0.188 e. The van der Waals surface area contributed by atoms with Crippen molar-refractivity contribution < 1.29 is 19.3 Å². The summed E-state index contributed by atoms with van der Waals surface area (Å²) in [7, 11) is 1.58. The number of fused-ring (bicyclic) bond motifs is 1. The molecule has 1 aliphatic rings. The largest absolute Gasteiger partial charge is 0.493 e. The van der Waals surface area contributed by atoms with E-state index in [4.69, 9.17) is 19.3 Å². The maximum Gasteiger partial charge on any atom is 0.188 e. The molecule has 0 spiro atoms. The molecule has 0 saturated heterocycles. The highest BCUT2D eigenvalue weighted by atomic mass is 16.7. The Morgan fingerprint density at radius 3 is 3.07 bits per heavy atom. The monoisotopic (exact) mass is 210 g/mol. The Kier molecular flexibility index (Phi) is 3.08. The molecule has 0 bridgehead atoms. The summed E-state index contributed by atoms with van der Waals surface area (Å²) >= 11 is 0. The van der Waals surface area contributed by atoms with E-state index in [-0.39, 0.29) is 13.4 Å².